The van der Waals surface area contributed by atoms with E-state index < -0.39 is 23.2 Å². The van der Waals surface area contributed by atoms with Crippen LogP contribution in [0, 0.1) is 17.0 Å². The van der Waals surface area contributed by atoms with Gasteiger partial charge in [0.25, 0.3) is 0 Å². The maximum absolute atomic E-state index is 13.5. The van der Waals surface area contributed by atoms with Gasteiger partial charge in [-0.3, -0.25) is 0 Å². The molecule has 15 heavy (non-hydrogen) atoms. The van der Waals surface area contributed by atoms with Crippen molar-refractivity contribution < 1.29 is 13.9 Å². The average Bonchev–Trinajstić information content (AvgIpc) is 1.99. The smallest absolute Gasteiger partial charge is 0.133 e. The molecule has 1 unspecified atom stereocenters. The van der Waals surface area contributed by atoms with Gasteiger partial charge in [0.1, 0.15) is 11.6 Å². The van der Waals surface area contributed by atoms with E-state index in [1.807, 2.05) is 0 Å². The summed E-state index contributed by atoms with van der Waals surface area (Å²) in [6, 6.07) is 2.29. The van der Waals surface area contributed by atoms with Crippen LogP contribution in [-0.4, -0.2) is 5.11 Å². The molecule has 1 rings (SSSR count). The summed E-state index contributed by atoms with van der Waals surface area (Å²) in [6.45, 7) is 5.16. The molecule has 0 saturated carbocycles. The zero-order chi connectivity index (χ0) is 11.8. The normalized spacial score (nSPS) is 14.1. The Labute approximate surface area is 96.2 Å². The Morgan fingerprint density at radius 3 is 1.93 bits per heavy atom. The van der Waals surface area contributed by atoms with Crippen LogP contribution in [0.1, 0.15) is 32.4 Å². The highest BCUT2D eigenvalue weighted by atomic mass is 79.9. The van der Waals surface area contributed by atoms with E-state index in [9.17, 15) is 13.9 Å². The highest BCUT2D eigenvalue weighted by Gasteiger charge is 2.29. The molecule has 0 amide bonds. The summed E-state index contributed by atoms with van der Waals surface area (Å²) in [5.41, 5.74) is -0.874. The summed E-state index contributed by atoms with van der Waals surface area (Å²) in [7, 11) is 0. The zero-order valence-corrected chi connectivity index (χ0v) is 10.4. The third kappa shape index (κ3) is 2.75. The fraction of sp³-hybridized carbons (Fsp3) is 0.455. The van der Waals surface area contributed by atoms with E-state index in [0.29, 0.717) is 4.47 Å². The maximum Gasteiger partial charge on any atom is 0.133 e. The van der Waals surface area contributed by atoms with E-state index in [4.69, 9.17) is 0 Å². The minimum absolute atomic E-state index is 0.272. The van der Waals surface area contributed by atoms with Gasteiger partial charge >= 0.3 is 0 Å². The molecule has 0 spiro atoms. The first-order chi connectivity index (χ1) is 6.73. The van der Waals surface area contributed by atoms with E-state index in [1.165, 1.54) is 0 Å². The molecule has 0 fully saturated rings. The standard InChI is InChI=1S/C11H13BrF2O/c1-11(2,3)10(15)9-7(13)4-6(12)5-8(9)14/h4-5,10,15H,1-3H3. The van der Waals surface area contributed by atoms with Crippen molar-refractivity contribution in [2.45, 2.75) is 26.9 Å². The number of benzene rings is 1. The van der Waals surface area contributed by atoms with Crippen molar-refractivity contribution in [1.29, 1.82) is 0 Å². The third-order valence-corrected chi connectivity index (χ3v) is 2.60. The Hall–Kier alpha value is -0.480. The molecule has 0 radical (unpaired) electrons. The fourth-order valence-corrected chi connectivity index (χ4v) is 1.65. The zero-order valence-electron chi connectivity index (χ0n) is 8.81. The molecule has 0 aliphatic heterocycles. The van der Waals surface area contributed by atoms with E-state index in [0.717, 1.165) is 12.1 Å². The van der Waals surface area contributed by atoms with Crippen molar-refractivity contribution >= 4 is 15.9 Å². The van der Waals surface area contributed by atoms with Crippen LogP contribution in [0.25, 0.3) is 0 Å². The Bertz CT molecular complexity index is 348. The predicted octanol–water partition coefficient (Wildman–Crippen LogP) is 3.81. The molecular weight excluding hydrogens is 266 g/mol. The molecule has 1 aromatic carbocycles. The second-order valence-electron chi connectivity index (χ2n) is 4.55. The molecule has 0 aromatic heterocycles. The topological polar surface area (TPSA) is 20.2 Å². The summed E-state index contributed by atoms with van der Waals surface area (Å²) in [6.07, 6.45) is -1.16. The minimum Gasteiger partial charge on any atom is -0.388 e. The lowest BCUT2D eigenvalue weighted by molar-refractivity contribution is 0.0560. The predicted molar refractivity (Wildman–Crippen MR) is 58.5 cm³/mol. The van der Waals surface area contributed by atoms with E-state index in [-0.39, 0.29) is 5.56 Å². The van der Waals surface area contributed by atoms with Gasteiger partial charge in [0, 0.05) is 4.47 Å². The fourth-order valence-electron chi connectivity index (χ4n) is 1.25. The van der Waals surface area contributed by atoms with Gasteiger partial charge in [0.2, 0.25) is 0 Å². The largest absolute Gasteiger partial charge is 0.388 e. The van der Waals surface area contributed by atoms with Gasteiger partial charge < -0.3 is 5.11 Å². The van der Waals surface area contributed by atoms with Crippen molar-refractivity contribution in [1.82, 2.24) is 0 Å². The molecule has 1 N–H and O–H groups in total. The Kier molecular flexibility index (Phi) is 3.51. The number of aliphatic hydroxyl groups excluding tert-OH is 1. The number of halogens is 3. The number of rotatable bonds is 1. The lowest BCUT2D eigenvalue weighted by Gasteiger charge is -2.26. The SMILES string of the molecule is CC(C)(C)C(O)c1c(F)cc(Br)cc1F. The Morgan fingerprint density at radius 1 is 1.20 bits per heavy atom. The van der Waals surface area contributed by atoms with Gasteiger partial charge in [0.15, 0.2) is 0 Å². The van der Waals surface area contributed by atoms with Crippen LogP contribution in [0.4, 0.5) is 8.78 Å². The van der Waals surface area contributed by atoms with Crippen LogP contribution in [0.15, 0.2) is 16.6 Å². The molecule has 84 valence electrons. The lowest BCUT2D eigenvalue weighted by atomic mass is 9.84. The Morgan fingerprint density at radius 2 is 1.60 bits per heavy atom. The Balaban J connectivity index is 3.26. The van der Waals surface area contributed by atoms with Crippen molar-refractivity contribution in [3.63, 3.8) is 0 Å². The molecule has 0 aliphatic carbocycles. The lowest BCUT2D eigenvalue weighted by Crippen LogP contribution is -2.20. The quantitative estimate of drug-likeness (QED) is 0.828. The summed E-state index contributed by atoms with van der Waals surface area (Å²) >= 11 is 2.99. The first-order valence-corrected chi connectivity index (χ1v) is 5.35. The van der Waals surface area contributed by atoms with Crippen LogP contribution in [0.5, 0.6) is 0 Å². The molecule has 1 nitrogen and oxygen atoms in total. The van der Waals surface area contributed by atoms with E-state index in [2.05, 4.69) is 15.9 Å². The first-order valence-electron chi connectivity index (χ1n) is 4.56. The van der Waals surface area contributed by atoms with Gasteiger partial charge in [-0.05, 0) is 17.5 Å². The van der Waals surface area contributed by atoms with Gasteiger partial charge in [-0.25, -0.2) is 8.78 Å². The monoisotopic (exact) mass is 278 g/mol. The van der Waals surface area contributed by atoms with E-state index >= 15 is 0 Å². The molecule has 4 heteroatoms. The molecule has 0 bridgehead atoms. The van der Waals surface area contributed by atoms with Crippen molar-refractivity contribution in [3.8, 4) is 0 Å². The average molecular weight is 279 g/mol. The molecule has 1 atom stereocenters. The van der Waals surface area contributed by atoms with Gasteiger partial charge in [-0.2, -0.15) is 0 Å². The summed E-state index contributed by atoms with van der Waals surface area (Å²) in [5, 5.41) is 9.81. The van der Waals surface area contributed by atoms with Gasteiger partial charge in [-0.1, -0.05) is 36.7 Å². The molecule has 0 aliphatic rings. The molecule has 0 heterocycles. The highest BCUT2D eigenvalue weighted by molar-refractivity contribution is 9.10. The van der Waals surface area contributed by atoms with Crippen LogP contribution < -0.4 is 0 Å². The van der Waals surface area contributed by atoms with Crippen LogP contribution >= 0.6 is 15.9 Å². The second-order valence-corrected chi connectivity index (χ2v) is 5.47. The highest BCUT2D eigenvalue weighted by Crippen LogP contribution is 2.36. The summed E-state index contributed by atoms with van der Waals surface area (Å²) < 4.78 is 27.2. The summed E-state index contributed by atoms with van der Waals surface area (Å²) in [5.74, 6) is -1.46. The second kappa shape index (κ2) is 4.18. The third-order valence-electron chi connectivity index (χ3n) is 2.14. The molecule has 0 saturated heterocycles. The molecule has 1 aromatic rings. The maximum atomic E-state index is 13.5. The number of hydrogen-bond donors (Lipinski definition) is 1. The summed E-state index contributed by atoms with van der Waals surface area (Å²) in [4.78, 5) is 0. The minimum atomic E-state index is -1.16. The van der Waals surface area contributed by atoms with Crippen molar-refractivity contribution in [2.24, 2.45) is 5.41 Å². The van der Waals surface area contributed by atoms with E-state index in [1.54, 1.807) is 20.8 Å². The van der Waals surface area contributed by atoms with Gasteiger partial charge in [0.05, 0.1) is 11.7 Å². The van der Waals surface area contributed by atoms with Gasteiger partial charge in [-0.15, -0.1) is 0 Å². The van der Waals surface area contributed by atoms with Crippen LogP contribution in [0.2, 0.25) is 0 Å². The van der Waals surface area contributed by atoms with Crippen LogP contribution in [-0.2, 0) is 0 Å². The van der Waals surface area contributed by atoms with Crippen molar-refractivity contribution in [3.05, 3.63) is 33.8 Å². The first kappa shape index (κ1) is 12.6. The molecular formula is C11H13BrF2O. The van der Waals surface area contributed by atoms with Crippen molar-refractivity contribution in [2.75, 3.05) is 0 Å². The number of hydrogen-bond acceptors (Lipinski definition) is 1. The number of aliphatic hydroxyl groups is 1. The van der Waals surface area contributed by atoms with Crippen LogP contribution in [0.3, 0.4) is 0 Å².